The molecule has 0 aromatic heterocycles. The normalized spacial score (nSPS) is 20.0. The highest BCUT2D eigenvalue weighted by Gasteiger charge is 2.38. The number of carbonyl (C=O) groups is 3. The van der Waals surface area contributed by atoms with Crippen LogP contribution in [0.15, 0.2) is 18.2 Å². The van der Waals surface area contributed by atoms with Crippen molar-refractivity contribution < 1.29 is 29.7 Å². The van der Waals surface area contributed by atoms with E-state index in [1.54, 1.807) is 18.2 Å². The van der Waals surface area contributed by atoms with E-state index in [0.29, 0.717) is 38.5 Å². The predicted molar refractivity (Wildman–Crippen MR) is 139 cm³/mol. The lowest BCUT2D eigenvalue weighted by atomic mass is 9.91. The van der Waals surface area contributed by atoms with Crippen molar-refractivity contribution in [2.75, 3.05) is 14.7 Å². The number of hydrogen-bond donors (Lipinski definition) is 3. The van der Waals surface area contributed by atoms with Crippen LogP contribution < -0.4 is 14.7 Å². The average Bonchev–Trinajstić information content (AvgIpc) is 2.87. The van der Waals surface area contributed by atoms with Crippen LogP contribution in [0.5, 0.6) is 0 Å². The molecule has 3 aliphatic rings. The molecule has 36 heavy (non-hydrogen) atoms. The molecule has 9 nitrogen and oxygen atoms in total. The Bertz CT molecular complexity index is 881. The van der Waals surface area contributed by atoms with Gasteiger partial charge in [-0.15, -0.1) is 0 Å². The number of anilines is 3. The summed E-state index contributed by atoms with van der Waals surface area (Å²) in [5.41, 5.74) is 0.765. The van der Waals surface area contributed by atoms with E-state index in [9.17, 15) is 29.7 Å². The molecule has 1 aromatic rings. The van der Waals surface area contributed by atoms with Gasteiger partial charge in [0.2, 0.25) is 0 Å². The van der Waals surface area contributed by atoms with E-state index in [1.165, 1.54) is 14.7 Å². The van der Waals surface area contributed by atoms with Gasteiger partial charge >= 0.3 is 18.3 Å². The predicted octanol–water partition coefficient (Wildman–Crippen LogP) is 7.14. The van der Waals surface area contributed by atoms with E-state index >= 15 is 0 Å². The van der Waals surface area contributed by atoms with E-state index in [-0.39, 0.29) is 35.2 Å². The molecule has 3 aliphatic carbocycles. The van der Waals surface area contributed by atoms with Gasteiger partial charge in [0.05, 0.1) is 17.1 Å². The standard InChI is InChI=1S/C27H39N3O6/c31-25(32)28(19-11-4-1-5-12-19)22-17-10-18-23(29(26(33)34)20-13-6-2-7-14-20)24(22)30(27(35)36)21-15-8-3-9-16-21/h10,17-21H,1-9,11-16H2,(H,31,32)(H,33,34)(H,35,36). The van der Waals surface area contributed by atoms with Crippen molar-refractivity contribution in [1.29, 1.82) is 0 Å². The van der Waals surface area contributed by atoms with Gasteiger partial charge in [0.1, 0.15) is 0 Å². The Hall–Kier alpha value is -2.97. The lowest BCUT2D eigenvalue weighted by molar-refractivity contribution is 0.193. The summed E-state index contributed by atoms with van der Waals surface area (Å²) >= 11 is 0. The SMILES string of the molecule is O=C(O)N(c1cccc(N(C(=O)O)C2CCCCC2)c1N(C(=O)O)C1CCCCC1)C1CCCCC1. The summed E-state index contributed by atoms with van der Waals surface area (Å²) in [4.78, 5) is 42.1. The molecule has 1 aromatic carbocycles. The maximum Gasteiger partial charge on any atom is 0.412 e. The Morgan fingerprint density at radius 3 is 1.14 bits per heavy atom. The first-order chi connectivity index (χ1) is 17.4. The molecule has 0 radical (unpaired) electrons. The van der Waals surface area contributed by atoms with Gasteiger partial charge in [-0.25, -0.2) is 14.4 Å². The molecule has 0 bridgehead atoms. The van der Waals surface area contributed by atoms with Crippen molar-refractivity contribution in [2.45, 2.75) is 114 Å². The van der Waals surface area contributed by atoms with Crippen LogP contribution in [0.2, 0.25) is 0 Å². The van der Waals surface area contributed by atoms with E-state index in [4.69, 9.17) is 0 Å². The van der Waals surface area contributed by atoms with E-state index < -0.39 is 18.3 Å². The zero-order valence-electron chi connectivity index (χ0n) is 21.0. The fourth-order valence-electron chi connectivity index (χ4n) is 6.52. The molecule has 4 rings (SSSR count). The van der Waals surface area contributed by atoms with Crippen molar-refractivity contribution >= 4 is 35.3 Å². The number of para-hydroxylation sites is 1. The van der Waals surface area contributed by atoms with Gasteiger partial charge in [-0.05, 0) is 50.7 Å². The summed E-state index contributed by atoms with van der Waals surface area (Å²) in [6.45, 7) is 0. The highest BCUT2D eigenvalue weighted by atomic mass is 16.4. The van der Waals surface area contributed by atoms with Crippen molar-refractivity contribution in [3.63, 3.8) is 0 Å². The molecule has 3 N–H and O–H groups in total. The summed E-state index contributed by atoms with van der Waals surface area (Å²) in [5, 5.41) is 31.2. The van der Waals surface area contributed by atoms with Crippen LogP contribution in [-0.4, -0.2) is 51.7 Å². The van der Waals surface area contributed by atoms with Gasteiger partial charge < -0.3 is 15.3 Å². The maximum absolute atomic E-state index is 12.8. The van der Waals surface area contributed by atoms with Gasteiger partial charge in [0.25, 0.3) is 0 Å². The quantitative estimate of drug-likeness (QED) is 0.381. The molecule has 0 spiro atoms. The summed E-state index contributed by atoms with van der Waals surface area (Å²) in [7, 11) is 0. The summed E-state index contributed by atoms with van der Waals surface area (Å²) in [5.74, 6) is 0. The number of benzene rings is 1. The summed E-state index contributed by atoms with van der Waals surface area (Å²) in [6, 6.07) is 4.13. The lowest BCUT2D eigenvalue weighted by Gasteiger charge is -2.41. The van der Waals surface area contributed by atoms with Crippen molar-refractivity contribution in [3.8, 4) is 0 Å². The number of hydrogen-bond acceptors (Lipinski definition) is 3. The minimum atomic E-state index is -1.17. The van der Waals surface area contributed by atoms with Crippen LogP contribution in [0.4, 0.5) is 31.4 Å². The van der Waals surface area contributed by atoms with Gasteiger partial charge in [-0.2, -0.15) is 0 Å². The van der Waals surface area contributed by atoms with Crippen LogP contribution in [0.1, 0.15) is 96.3 Å². The van der Waals surface area contributed by atoms with E-state index in [1.807, 2.05) is 0 Å². The van der Waals surface area contributed by atoms with Crippen LogP contribution in [0.25, 0.3) is 0 Å². The molecule has 0 saturated heterocycles. The molecular formula is C27H39N3O6. The topological polar surface area (TPSA) is 122 Å². The highest BCUT2D eigenvalue weighted by Crippen LogP contribution is 2.45. The largest absolute Gasteiger partial charge is 0.465 e. The molecule has 0 atom stereocenters. The second-order valence-electron chi connectivity index (χ2n) is 10.5. The molecule has 3 saturated carbocycles. The van der Waals surface area contributed by atoms with Crippen molar-refractivity contribution in [2.24, 2.45) is 0 Å². The first-order valence-corrected chi connectivity index (χ1v) is 13.6. The monoisotopic (exact) mass is 501 g/mol. The highest BCUT2D eigenvalue weighted by molar-refractivity contribution is 6.05. The average molecular weight is 502 g/mol. The lowest BCUT2D eigenvalue weighted by Crippen LogP contribution is -2.47. The minimum absolute atomic E-state index is 0.206. The van der Waals surface area contributed by atoms with Crippen molar-refractivity contribution in [3.05, 3.63) is 18.2 Å². The van der Waals surface area contributed by atoms with Gasteiger partial charge in [0.15, 0.2) is 0 Å². The number of rotatable bonds is 6. The van der Waals surface area contributed by atoms with Crippen LogP contribution in [0, 0.1) is 0 Å². The van der Waals surface area contributed by atoms with Gasteiger partial charge in [0, 0.05) is 18.1 Å². The van der Waals surface area contributed by atoms with Crippen LogP contribution >= 0.6 is 0 Å². The molecule has 9 heteroatoms. The van der Waals surface area contributed by atoms with Crippen LogP contribution in [-0.2, 0) is 0 Å². The summed E-state index contributed by atoms with van der Waals surface area (Å²) < 4.78 is 0. The molecule has 3 amide bonds. The first kappa shape index (κ1) is 26.1. The molecule has 0 aliphatic heterocycles. The fourth-order valence-corrected chi connectivity index (χ4v) is 6.52. The molecule has 0 heterocycles. The Balaban J connectivity index is 1.91. The number of nitrogens with zero attached hydrogens (tertiary/aromatic N) is 3. The first-order valence-electron chi connectivity index (χ1n) is 13.6. The number of carboxylic acid groups (broad SMARTS) is 3. The second kappa shape index (κ2) is 11.8. The van der Waals surface area contributed by atoms with Crippen LogP contribution in [0.3, 0.4) is 0 Å². The van der Waals surface area contributed by atoms with Gasteiger partial charge in [-0.1, -0.05) is 63.9 Å². The third-order valence-corrected chi connectivity index (χ3v) is 8.19. The Morgan fingerprint density at radius 2 is 0.833 bits per heavy atom. The Kier molecular flexibility index (Phi) is 8.59. The third kappa shape index (κ3) is 5.55. The molecule has 198 valence electrons. The Labute approximate surface area is 212 Å². The molecular weight excluding hydrogens is 462 g/mol. The smallest absolute Gasteiger partial charge is 0.412 e. The van der Waals surface area contributed by atoms with Gasteiger partial charge in [-0.3, -0.25) is 14.7 Å². The zero-order valence-corrected chi connectivity index (χ0v) is 21.0. The minimum Gasteiger partial charge on any atom is -0.465 e. The van der Waals surface area contributed by atoms with Crippen molar-refractivity contribution in [1.82, 2.24) is 0 Å². The summed E-state index contributed by atoms with van der Waals surface area (Å²) in [6.07, 6.45) is 9.32. The fraction of sp³-hybridized carbons (Fsp3) is 0.667. The molecule has 3 fully saturated rings. The van der Waals surface area contributed by atoms with E-state index in [0.717, 1.165) is 57.8 Å². The molecule has 0 unspecified atom stereocenters. The van der Waals surface area contributed by atoms with E-state index in [2.05, 4.69) is 0 Å². The number of amides is 3. The third-order valence-electron chi connectivity index (χ3n) is 8.19. The second-order valence-corrected chi connectivity index (χ2v) is 10.5. The Morgan fingerprint density at radius 1 is 0.528 bits per heavy atom. The maximum atomic E-state index is 12.8. The zero-order chi connectivity index (χ0) is 25.7.